The molecule has 0 saturated carbocycles. The van der Waals surface area contributed by atoms with Gasteiger partial charge in [0, 0.05) is 51.0 Å². The van der Waals surface area contributed by atoms with Crippen molar-refractivity contribution in [3.05, 3.63) is 0 Å². The van der Waals surface area contributed by atoms with Crippen LogP contribution >= 0.6 is 0 Å². The molecule has 124 valence electrons. The van der Waals surface area contributed by atoms with Crippen LogP contribution in [0.5, 0.6) is 0 Å². The van der Waals surface area contributed by atoms with Crippen LogP contribution in [0.2, 0.25) is 0 Å². The molecule has 0 aliphatic heterocycles. The average Bonchev–Trinajstić information content (AvgIpc) is 2.41. The molecule has 0 radical (unpaired) electrons. The molecule has 0 unspecified atom stereocenters. The minimum absolute atomic E-state index is 0.0416. The highest BCUT2D eigenvalue weighted by atomic mass is 16.1. The van der Waals surface area contributed by atoms with Crippen LogP contribution < -0.4 is 5.32 Å². The Balaban J connectivity index is 3.70. The van der Waals surface area contributed by atoms with Crippen molar-refractivity contribution in [2.75, 3.05) is 46.8 Å². The van der Waals surface area contributed by atoms with Gasteiger partial charge in [0.05, 0.1) is 0 Å². The molecule has 1 N–H and O–H groups in total. The molecule has 0 aliphatic carbocycles. The Morgan fingerprint density at radius 3 is 1.86 bits per heavy atom. The second-order valence-corrected chi connectivity index (χ2v) is 6.42. The molecule has 21 heavy (non-hydrogen) atoms. The smallest absolute Gasteiger partial charge is 0.222 e. The first kappa shape index (κ1) is 20.1. The first-order chi connectivity index (χ1) is 9.73. The second-order valence-electron chi connectivity index (χ2n) is 6.42. The summed E-state index contributed by atoms with van der Waals surface area (Å²) < 4.78 is 0. The van der Waals surface area contributed by atoms with Crippen LogP contribution in [-0.2, 0) is 9.59 Å². The zero-order chi connectivity index (χ0) is 16.4. The van der Waals surface area contributed by atoms with Gasteiger partial charge in [0.2, 0.25) is 5.91 Å². The van der Waals surface area contributed by atoms with E-state index in [0.29, 0.717) is 18.7 Å². The fourth-order valence-electron chi connectivity index (χ4n) is 1.73. The molecule has 0 fully saturated rings. The molecule has 0 aliphatic rings. The standard InChI is InChI=1S/C16H33N3O2/c1-13(2)15(20)7-9-18(5)11-12-19(6)10-8-17-16(21)14(3)4/h13-14H,7-12H2,1-6H3,(H,17,21). The summed E-state index contributed by atoms with van der Waals surface area (Å²) in [5.74, 6) is 0.602. The van der Waals surface area contributed by atoms with Gasteiger partial charge >= 0.3 is 0 Å². The Kier molecular flexibility index (Phi) is 10.3. The maximum absolute atomic E-state index is 11.6. The predicted molar refractivity (Wildman–Crippen MR) is 87.3 cm³/mol. The van der Waals surface area contributed by atoms with Crippen molar-refractivity contribution in [2.24, 2.45) is 11.8 Å². The zero-order valence-electron chi connectivity index (χ0n) is 14.6. The zero-order valence-corrected chi connectivity index (χ0v) is 14.6. The van der Waals surface area contributed by atoms with Crippen LogP contribution in [-0.4, -0.2) is 68.3 Å². The highest BCUT2D eigenvalue weighted by molar-refractivity contribution is 5.80. The molecule has 5 nitrogen and oxygen atoms in total. The van der Waals surface area contributed by atoms with E-state index in [9.17, 15) is 9.59 Å². The van der Waals surface area contributed by atoms with Crippen molar-refractivity contribution in [3.8, 4) is 0 Å². The molecule has 0 atom stereocenters. The van der Waals surface area contributed by atoms with E-state index in [1.165, 1.54) is 0 Å². The van der Waals surface area contributed by atoms with Crippen LogP contribution in [0.25, 0.3) is 0 Å². The van der Waals surface area contributed by atoms with E-state index in [1.807, 2.05) is 34.7 Å². The quantitative estimate of drug-likeness (QED) is 0.623. The van der Waals surface area contributed by atoms with E-state index >= 15 is 0 Å². The van der Waals surface area contributed by atoms with Gasteiger partial charge in [0.25, 0.3) is 0 Å². The number of hydrogen-bond donors (Lipinski definition) is 1. The summed E-state index contributed by atoms with van der Waals surface area (Å²) in [5.41, 5.74) is 0. The van der Waals surface area contributed by atoms with Crippen molar-refractivity contribution < 1.29 is 9.59 Å². The lowest BCUT2D eigenvalue weighted by Crippen LogP contribution is -2.38. The summed E-state index contributed by atoms with van der Waals surface area (Å²) in [6.07, 6.45) is 0.627. The summed E-state index contributed by atoms with van der Waals surface area (Å²) in [6, 6.07) is 0. The van der Waals surface area contributed by atoms with Crippen LogP contribution in [0.3, 0.4) is 0 Å². The summed E-state index contributed by atoms with van der Waals surface area (Å²) in [4.78, 5) is 27.4. The number of likely N-dealkylation sites (N-methyl/N-ethyl adjacent to an activating group) is 2. The van der Waals surface area contributed by atoms with Gasteiger partial charge < -0.3 is 15.1 Å². The molecule has 0 bridgehead atoms. The summed E-state index contributed by atoms with van der Waals surface area (Å²) >= 11 is 0. The Bertz CT molecular complexity index is 317. The number of ketones is 1. The summed E-state index contributed by atoms with van der Waals surface area (Å²) in [7, 11) is 4.09. The number of amides is 1. The molecule has 0 rings (SSSR count). The topological polar surface area (TPSA) is 52.7 Å². The molecule has 0 aromatic carbocycles. The monoisotopic (exact) mass is 299 g/mol. The Morgan fingerprint density at radius 1 is 0.857 bits per heavy atom. The van der Waals surface area contributed by atoms with Crippen molar-refractivity contribution in [1.82, 2.24) is 15.1 Å². The maximum atomic E-state index is 11.6. The van der Waals surface area contributed by atoms with Crippen molar-refractivity contribution in [3.63, 3.8) is 0 Å². The van der Waals surface area contributed by atoms with E-state index in [0.717, 1.165) is 26.2 Å². The maximum Gasteiger partial charge on any atom is 0.222 e. The number of nitrogens with one attached hydrogen (secondary N) is 1. The van der Waals surface area contributed by atoms with Crippen LogP contribution in [0.4, 0.5) is 0 Å². The Hall–Kier alpha value is -0.940. The normalized spacial score (nSPS) is 11.7. The number of rotatable bonds is 11. The van der Waals surface area contributed by atoms with Crippen LogP contribution in [0, 0.1) is 11.8 Å². The van der Waals surface area contributed by atoms with Gasteiger partial charge in [-0.05, 0) is 14.1 Å². The molecule has 1 amide bonds. The lowest BCUT2D eigenvalue weighted by molar-refractivity contribution is -0.124. The Labute approximate surface area is 130 Å². The third-order valence-corrected chi connectivity index (χ3v) is 3.56. The summed E-state index contributed by atoms with van der Waals surface area (Å²) in [6.45, 7) is 11.9. The van der Waals surface area contributed by atoms with Gasteiger partial charge in [0.15, 0.2) is 0 Å². The van der Waals surface area contributed by atoms with E-state index in [2.05, 4.69) is 22.2 Å². The first-order valence-electron chi connectivity index (χ1n) is 7.91. The fourth-order valence-corrected chi connectivity index (χ4v) is 1.73. The minimum atomic E-state index is 0.0416. The van der Waals surface area contributed by atoms with Gasteiger partial charge in [-0.15, -0.1) is 0 Å². The van der Waals surface area contributed by atoms with E-state index in [-0.39, 0.29) is 17.7 Å². The number of hydrogen-bond acceptors (Lipinski definition) is 4. The molecule has 0 saturated heterocycles. The first-order valence-corrected chi connectivity index (χ1v) is 7.91. The number of carbonyl (C=O) groups is 2. The third-order valence-electron chi connectivity index (χ3n) is 3.56. The van der Waals surface area contributed by atoms with Gasteiger partial charge in [-0.25, -0.2) is 0 Å². The highest BCUT2D eigenvalue weighted by Crippen LogP contribution is 2.00. The van der Waals surface area contributed by atoms with Crippen molar-refractivity contribution in [1.29, 1.82) is 0 Å². The number of Topliss-reactive ketones (excluding diaryl/α,β-unsaturated/α-hetero) is 1. The van der Waals surface area contributed by atoms with E-state index < -0.39 is 0 Å². The molecule has 0 heterocycles. The molecule has 5 heteroatoms. The number of carbonyl (C=O) groups excluding carboxylic acids is 2. The highest BCUT2D eigenvalue weighted by Gasteiger charge is 2.09. The molecule has 0 aromatic heterocycles. The number of nitrogens with zero attached hydrogens (tertiary/aromatic N) is 2. The van der Waals surface area contributed by atoms with E-state index in [4.69, 9.17) is 0 Å². The van der Waals surface area contributed by atoms with Gasteiger partial charge in [-0.1, -0.05) is 27.7 Å². The van der Waals surface area contributed by atoms with Gasteiger partial charge in [0.1, 0.15) is 5.78 Å². The van der Waals surface area contributed by atoms with Crippen LogP contribution in [0.1, 0.15) is 34.1 Å². The van der Waals surface area contributed by atoms with E-state index in [1.54, 1.807) is 0 Å². The predicted octanol–water partition coefficient (Wildman–Crippen LogP) is 1.24. The van der Waals surface area contributed by atoms with Crippen LogP contribution in [0.15, 0.2) is 0 Å². The lowest BCUT2D eigenvalue weighted by atomic mass is 10.1. The van der Waals surface area contributed by atoms with Crippen molar-refractivity contribution >= 4 is 11.7 Å². The van der Waals surface area contributed by atoms with Gasteiger partial charge in [-0.2, -0.15) is 0 Å². The molecular weight excluding hydrogens is 266 g/mol. The minimum Gasteiger partial charge on any atom is -0.355 e. The fraction of sp³-hybridized carbons (Fsp3) is 0.875. The molecular formula is C16H33N3O2. The van der Waals surface area contributed by atoms with Crippen molar-refractivity contribution in [2.45, 2.75) is 34.1 Å². The third kappa shape index (κ3) is 10.4. The largest absolute Gasteiger partial charge is 0.355 e. The second kappa shape index (κ2) is 10.7. The van der Waals surface area contributed by atoms with Gasteiger partial charge in [-0.3, -0.25) is 9.59 Å². The molecule has 0 aromatic rings. The molecule has 0 spiro atoms. The summed E-state index contributed by atoms with van der Waals surface area (Å²) in [5, 5.41) is 2.91. The Morgan fingerprint density at radius 2 is 1.38 bits per heavy atom. The average molecular weight is 299 g/mol. The SMILES string of the molecule is CC(C)C(=O)CCN(C)CCN(C)CCNC(=O)C(C)C. The lowest BCUT2D eigenvalue weighted by Gasteiger charge is -2.22.